The van der Waals surface area contributed by atoms with Gasteiger partial charge in [0, 0.05) is 43.3 Å². The molecule has 1 aliphatic rings. The number of carboxylic acid groups (broad SMARTS) is 1. The highest BCUT2D eigenvalue weighted by Crippen LogP contribution is 2.33. The van der Waals surface area contributed by atoms with Gasteiger partial charge in [0.25, 0.3) is 5.91 Å². The van der Waals surface area contributed by atoms with Crippen molar-refractivity contribution in [1.29, 1.82) is 0 Å². The van der Waals surface area contributed by atoms with Gasteiger partial charge < -0.3 is 19.5 Å². The number of piperazine rings is 1. The normalized spacial score (nSPS) is 17.0. The highest BCUT2D eigenvalue weighted by molar-refractivity contribution is 6.30. The van der Waals surface area contributed by atoms with Crippen molar-refractivity contribution in [2.45, 2.75) is 39.0 Å². The fraction of sp³-hybridized carbons (Fsp3) is 0.417. The topological polar surface area (TPSA) is 79.3 Å². The smallest absolute Gasteiger partial charge is 0.347 e. The molecule has 0 radical (unpaired) electrons. The van der Waals surface area contributed by atoms with Gasteiger partial charge in [-0.25, -0.2) is 9.18 Å². The van der Waals surface area contributed by atoms with Gasteiger partial charge in [-0.15, -0.1) is 0 Å². The van der Waals surface area contributed by atoms with E-state index in [2.05, 4.69) is 4.90 Å². The molecule has 1 fully saturated rings. The molecule has 3 rings (SSSR count). The zero-order chi connectivity index (χ0) is 24.2. The Morgan fingerprint density at radius 2 is 1.85 bits per heavy atom. The van der Waals surface area contributed by atoms with Crippen LogP contribution in [0.3, 0.4) is 0 Å². The van der Waals surface area contributed by atoms with E-state index in [-0.39, 0.29) is 35.9 Å². The van der Waals surface area contributed by atoms with Crippen molar-refractivity contribution in [2.24, 2.45) is 0 Å². The first-order valence-electron chi connectivity index (χ1n) is 10.7. The lowest BCUT2D eigenvalue weighted by atomic mass is 10.1. The summed E-state index contributed by atoms with van der Waals surface area (Å²) in [6.07, 6.45) is 0. The summed E-state index contributed by atoms with van der Waals surface area (Å²) >= 11 is 6.03. The molecular formula is C24H28ClFN2O5. The summed E-state index contributed by atoms with van der Waals surface area (Å²) in [4.78, 5) is 28.2. The van der Waals surface area contributed by atoms with Gasteiger partial charge in [-0.05, 0) is 50.6 Å². The maximum absolute atomic E-state index is 13.1. The van der Waals surface area contributed by atoms with Crippen LogP contribution in [-0.4, -0.2) is 64.7 Å². The summed E-state index contributed by atoms with van der Waals surface area (Å²) in [5, 5.41) is 9.68. The van der Waals surface area contributed by atoms with Crippen LogP contribution in [0.2, 0.25) is 5.02 Å². The molecule has 0 bridgehead atoms. The van der Waals surface area contributed by atoms with E-state index in [1.54, 1.807) is 29.2 Å². The maximum atomic E-state index is 13.1. The number of amides is 1. The summed E-state index contributed by atoms with van der Waals surface area (Å²) in [5.41, 5.74) is -0.478. The Balaban J connectivity index is 1.58. The molecule has 33 heavy (non-hydrogen) atoms. The van der Waals surface area contributed by atoms with Crippen molar-refractivity contribution in [3.05, 3.63) is 58.9 Å². The number of rotatable bonds is 8. The van der Waals surface area contributed by atoms with E-state index in [0.717, 1.165) is 5.56 Å². The van der Waals surface area contributed by atoms with Gasteiger partial charge in [-0.1, -0.05) is 23.7 Å². The minimum absolute atomic E-state index is 0.0258. The molecule has 0 saturated carbocycles. The second kappa shape index (κ2) is 10.4. The van der Waals surface area contributed by atoms with Gasteiger partial charge in [0.1, 0.15) is 5.82 Å². The number of carboxylic acids is 1. The third kappa shape index (κ3) is 6.58. The van der Waals surface area contributed by atoms with Gasteiger partial charge in [-0.3, -0.25) is 9.69 Å². The lowest BCUT2D eigenvalue weighted by Gasteiger charge is -2.39. The number of carbonyl (C=O) groups excluding carboxylic acids is 1. The van der Waals surface area contributed by atoms with Crippen molar-refractivity contribution < 1.29 is 28.6 Å². The van der Waals surface area contributed by atoms with Crippen LogP contribution in [0.1, 0.15) is 26.3 Å². The fourth-order valence-corrected chi connectivity index (χ4v) is 3.78. The number of benzene rings is 2. The van der Waals surface area contributed by atoms with E-state index in [4.69, 9.17) is 21.1 Å². The highest BCUT2D eigenvalue weighted by Gasteiger charge is 2.31. The molecule has 1 N–H and O–H groups in total. The third-order valence-electron chi connectivity index (χ3n) is 5.49. The minimum Gasteiger partial charge on any atom is -0.480 e. The lowest BCUT2D eigenvalue weighted by molar-refractivity contribution is -0.152. The van der Waals surface area contributed by atoms with E-state index in [1.165, 1.54) is 32.0 Å². The minimum atomic E-state index is -1.50. The Labute approximate surface area is 197 Å². The predicted molar refractivity (Wildman–Crippen MR) is 122 cm³/mol. The second-order valence-electron chi connectivity index (χ2n) is 8.59. The van der Waals surface area contributed by atoms with Crippen molar-refractivity contribution in [1.82, 2.24) is 9.80 Å². The molecule has 1 atom stereocenters. The summed E-state index contributed by atoms with van der Waals surface area (Å²) < 4.78 is 24.4. The molecule has 2 aromatic rings. The van der Waals surface area contributed by atoms with Crippen LogP contribution in [0.25, 0.3) is 0 Å². The first-order chi connectivity index (χ1) is 15.5. The number of aliphatic carboxylic acids is 1. The molecule has 0 aromatic heterocycles. The van der Waals surface area contributed by atoms with Crippen molar-refractivity contribution >= 4 is 23.5 Å². The molecule has 9 heteroatoms. The first-order valence-corrected chi connectivity index (χ1v) is 11.0. The van der Waals surface area contributed by atoms with Crippen LogP contribution in [0.5, 0.6) is 11.5 Å². The number of halogens is 2. The van der Waals surface area contributed by atoms with E-state index in [9.17, 15) is 19.1 Å². The Hall–Kier alpha value is -2.84. The van der Waals surface area contributed by atoms with Gasteiger partial charge >= 0.3 is 5.97 Å². The summed E-state index contributed by atoms with van der Waals surface area (Å²) in [6.45, 7) is 7.20. The average molecular weight is 479 g/mol. The summed E-state index contributed by atoms with van der Waals surface area (Å²) in [5.74, 6) is -1.19. The van der Waals surface area contributed by atoms with E-state index >= 15 is 0 Å². The second-order valence-corrected chi connectivity index (χ2v) is 9.03. The Bertz CT molecular complexity index is 999. The van der Waals surface area contributed by atoms with Crippen LogP contribution in [-0.2, 0) is 16.1 Å². The van der Waals surface area contributed by atoms with Crippen molar-refractivity contribution in [3.8, 4) is 11.5 Å². The van der Waals surface area contributed by atoms with Crippen molar-refractivity contribution in [2.75, 3.05) is 26.2 Å². The number of nitrogens with zero attached hydrogens (tertiary/aromatic N) is 2. The van der Waals surface area contributed by atoms with Gasteiger partial charge in [0.15, 0.2) is 23.7 Å². The van der Waals surface area contributed by atoms with Crippen LogP contribution in [0.15, 0.2) is 42.5 Å². The molecule has 0 aliphatic carbocycles. The standard InChI is InChI=1S/C24H28ClFN2O5/c1-16-13-27(14-17-4-7-19(26)8-5-17)10-11-28(16)22(29)15-32-20-9-6-18(25)12-21(20)33-24(2,3)23(30)31/h4-9,12,16H,10-11,13-15H2,1-3H3,(H,30,31)/t16-/m1/s1. The molecule has 0 spiro atoms. The van der Waals surface area contributed by atoms with Crippen LogP contribution in [0.4, 0.5) is 4.39 Å². The molecule has 1 aliphatic heterocycles. The zero-order valence-corrected chi connectivity index (χ0v) is 19.6. The molecule has 1 saturated heterocycles. The predicted octanol–water partition coefficient (Wildman–Crippen LogP) is 3.83. The number of hydrogen-bond acceptors (Lipinski definition) is 5. The average Bonchev–Trinajstić information content (AvgIpc) is 2.74. The first kappa shape index (κ1) is 24.8. The van der Waals surface area contributed by atoms with Gasteiger partial charge in [0.05, 0.1) is 0 Å². The number of carbonyl (C=O) groups is 2. The molecular weight excluding hydrogens is 451 g/mol. The fourth-order valence-electron chi connectivity index (χ4n) is 3.62. The maximum Gasteiger partial charge on any atom is 0.347 e. The Kier molecular flexibility index (Phi) is 7.81. The SMILES string of the molecule is C[C@@H]1CN(Cc2ccc(F)cc2)CCN1C(=O)COc1ccc(Cl)cc1OC(C)(C)C(=O)O. The van der Waals surface area contributed by atoms with Crippen LogP contribution < -0.4 is 9.47 Å². The number of hydrogen-bond donors (Lipinski definition) is 1. The molecule has 0 unspecified atom stereocenters. The zero-order valence-electron chi connectivity index (χ0n) is 18.9. The molecule has 1 amide bonds. The molecule has 7 nitrogen and oxygen atoms in total. The number of ether oxygens (including phenoxy) is 2. The van der Waals surface area contributed by atoms with Crippen LogP contribution in [0, 0.1) is 5.82 Å². The van der Waals surface area contributed by atoms with Gasteiger partial charge in [-0.2, -0.15) is 0 Å². The van der Waals surface area contributed by atoms with E-state index in [0.29, 0.717) is 31.2 Å². The van der Waals surface area contributed by atoms with Gasteiger partial charge in [0.2, 0.25) is 0 Å². The Morgan fingerprint density at radius 1 is 1.15 bits per heavy atom. The molecule has 1 heterocycles. The largest absolute Gasteiger partial charge is 0.480 e. The summed E-state index contributed by atoms with van der Waals surface area (Å²) in [6, 6.07) is 11.0. The monoisotopic (exact) mass is 478 g/mol. The Morgan fingerprint density at radius 3 is 2.48 bits per heavy atom. The van der Waals surface area contributed by atoms with E-state index < -0.39 is 11.6 Å². The molecule has 2 aromatic carbocycles. The summed E-state index contributed by atoms with van der Waals surface area (Å²) in [7, 11) is 0. The van der Waals surface area contributed by atoms with E-state index in [1.807, 2.05) is 6.92 Å². The quantitative estimate of drug-likeness (QED) is 0.621. The highest BCUT2D eigenvalue weighted by atomic mass is 35.5. The van der Waals surface area contributed by atoms with Crippen molar-refractivity contribution in [3.63, 3.8) is 0 Å². The third-order valence-corrected chi connectivity index (χ3v) is 5.72. The molecule has 178 valence electrons. The lowest BCUT2D eigenvalue weighted by Crippen LogP contribution is -2.54. The van der Waals surface area contributed by atoms with Crippen LogP contribution >= 0.6 is 11.6 Å².